The van der Waals surface area contributed by atoms with Gasteiger partial charge >= 0.3 is 35.5 Å². The van der Waals surface area contributed by atoms with Crippen LogP contribution in [-0.4, -0.2) is 17.6 Å². The van der Waals surface area contributed by atoms with Crippen molar-refractivity contribution in [2.45, 2.75) is 6.92 Å². The number of hydrogen-bond acceptors (Lipinski definition) is 3. The van der Waals surface area contributed by atoms with Crippen LogP contribution in [0.1, 0.15) is 17.3 Å². The van der Waals surface area contributed by atoms with E-state index < -0.39 is 5.97 Å². The summed E-state index contributed by atoms with van der Waals surface area (Å²) < 4.78 is 4.71. The summed E-state index contributed by atoms with van der Waals surface area (Å²) in [5.74, 6) is -0.422. The second-order valence-corrected chi connectivity index (χ2v) is 2.16. The maximum absolute atomic E-state index is 11.0. The summed E-state index contributed by atoms with van der Waals surface area (Å²) in [6.07, 6.45) is 1.33. The Morgan fingerprint density at radius 3 is 2.69 bits per heavy atom. The van der Waals surface area contributed by atoms with Gasteiger partial charge in [0.25, 0.3) is 0 Å². The Balaban J connectivity index is 0.00000144. The van der Waals surface area contributed by atoms with Crippen LogP contribution in [0.3, 0.4) is 0 Å². The first-order valence-electron chi connectivity index (χ1n) is 3.60. The molecule has 4 nitrogen and oxygen atoms in total. The molecule has 0 fully saturated rings. The minimum absolute atomic E-state index is 0. The Bertz CT molecular complexity index is 314. The first kappa shape index (κ1) is 12.4. The summed E-state index contributed by atoms with van der Waals surface area (Å²) in [6, 6.07) is 2.71. The van der Waals surface area contributed by atoms with E-state index in [1.807, 2.05) is 0 Å². The summed E-state index contributed by atoms with van der Waals surface area (Å²) >= 11 is 0. The third-order valence-corrected chi connectivity index (χ3v) is 1.30. The fourth-order valence-electron chi connectivity index (χ4n) is 0.752. The van der Waals surface area contributed by atoms with Crippen LogP contribution in [0.25, 0.3) is 0 Å². The normalized spacial score (nSPS) is 8.69. The molecule has 0 aliphatic rings. The fraction of sp³-hybridized carbons (Fsp3) is 0.250. The Kier molecular flexibility index (Phi) is 5.70. The monoisotopic (exact) mass is 190 g/mol. The summed E-state index contributed by atoms with van der Waals surface area (Å²) in [7, 11) is 0. The topological polar surface area (TPSA) is 59.2 Å². The molecule has 0 saturated carbocycles. The molecule has 1 aromatic rings. The minimum Gasteiger partial charge on any atom is -0.462 e. The van der Waals surface area contributed by atoms with Crippen molar-refractivity contribution in [3.63, 3.8) is 0 Å². The van der Waals surface area contributed by atoms with E-state index in [1.165, 1.54) is 18.3 Å². The number of pyridine rings is 1. The number of ether oxygens (including phenoxy) is 1. The van der Waals surface area contributed by atoms with Gasteiger partial charge in [-0.25, -0.2) is 4.79 Å². The molecule has 0 aliphatic carbocycles. The van der Waals surface area contributed by atoms with Gasteiger partial charge < -0.3 is 9.72 Å². The molecule has 64 valence electrons. The van der Waals surface area contributed by atoms with Crippen molar-refractivity contribution in [1.82, 2.24) is 4.98 Å². The van der Waals surface area contributed by atoms with Gasteiger partial charge in [0, 0.05) is 12.3 Å². The van der Waals surface area contributed by atoms with Crippen LogP contribution in [0.5, 0.6) is 0 Å². The summed E-state index contributed by atoms with van der Waals surface area (Å²) in [5.41, 5.74) is 0.125. The SMILES string of the molecule is CCOC(=O)c1ccc(=O)[nH]c1.[Na+]. The molecule has 1 N–H and O–H groups in total. The van der Waals surface area contributed by atoms with Crippen molar-refractivity contribution in [2.75, 3.05) is 6.61 Å². The fourth-order valence-corrected chi connectivity index (χ4v) is 0.752. The zero-order valence-electron chi connectivity index (χ0n) is 7.66. The number of rotatable bonds is 2. The van der Waals surface area contributed by atoms with Crippen LogP contribution >= 0.6 is 0 Å². The van der Waals surface area contributed by atoms with E-state index in [2.05, 4.69) is 4.98 Å². The van der Waals surface area contributed by atoms with Crippen molar-refractivity contribution >= 4 is 5.97 Å². The number of carbonyl (C=O) groups is 1. The molecule has 0 unspecified atom stereocenters. The maximum atomic E-state index is 11.0. The molecule has 1 rings (SSSR count). The molecule has 0 bridgehead atoms. The minimum atomic E-state index is -0.422. The summed E-state index contributed by atoms with van der Waals surface area (Å²) in [5, 5.41) is 0. The second-order valence-electron chi connectivity index (χ2n) is 2.16. The molecular formula is C8H9NNaO3+. The Labute approximate surface area is 97.6 Å². The molecule has 13 heavy (non-hydrogen) atoms. The van der Waals surface area contributed by atoms with E-state index in [1.54, 1.807) is 6.92 Å². The zero-order chi connectivity index (χ0) is 8.97. The van der Waals surface area contributed by atoms with Crippen LogP contribution < -0.4 is 35.1 Å². The standard InChI is InChI=1S/C8H9NO3.Na/c1-2-12-8(11)6-3-4-7(10)9-5-6;/h3-5H,2H2,1H3,(H,9,10);/q;+1. The predicted molar refractivity (Wildman–Crippen MR) is 43.0 cm³/mol. The quantitative estimate of drug-likeness (QED) is 0.416. The number of hydrogen-bond donors (Lipinski definition) is 1. The second kappa shape index (κ2) is 5.96. The van der Waals surface area contributed by atoms with Gasteiger partial charge in [0.15, 0.2) is 0 Å². The van der Waals surface area contributed by atoms with Crippen molar-refractivity contribution in [3.8, 4) is 0 Å². The molecule has 0 aromatic carbocycles. The molecule has 5 heteroatoms. The number of esters is 1. The van der Waals surface area contributed by atoms with Crippen molar-refractivity contribution in [2.24, 2.45) is 0 Å². The largest absolute Gasteiger partial charge is 1.00 e. The number of aromatic nitrogens is 1. The van der Waals surface area contributed by atoms with Crippen LogP contribution in [0.15, 0.2) is 23.1 Å². The van der Waals surface area contributed by atoms with Crippen molar-refractivity contribution < 1.29 is 39.1 Å². The zero-order valence-corrected chi connectivity index (χ0v) is 9.66. The van der Waals surface area contributed by atoms with Gasteiger partial charge in [-0.2, -0.15) is 0 Å². The van der Waals surface area contributed by atoms with Crippen LogP contribution in [0, 0.1) is 0 Å². The van der Waals surface area contributed by atoms with E-state index in [4.69, 9.17) is 4.74 Å². The van der Waals surface area contributed by atoms with Crippen molar-refractivity contribution in [1.29, 1.82) is 0 Å². The third-order valence-electron chi connectivity index (χ3n) is 1.30. The van der Waals surface area contributed by atoms with E-state index in [0.29, 0.717) is 12.2 Å². The van der Waals surface area contributed by atoms with E-state index in [9.17, 15) is 9.59 Å². The van der Waals surface area contributed by atoms with Gasteiger partial charge in [0.1, 0.15) is 0 Å². The molecule has 1 aromatic heterocycles. The molecule has 0 radical (unpaired) electrons. The maximum Gasteiger partial charge on any atom is 1.00 e. The Hall–Kier alpha value is -0.580. The van der Waals surface area contributed by atoms with Gasteiger partial charge in [0.05, 0.1) is 12.2 Å². The number of aromatic amines is 1. The number of nitrogens with one attached hydrogen (secondary N) is 1. The predicted octanol–water partition coefficient (Wildman–Crippen LogP) is -2.44. The molecule has 1 heterocycles. The Morgan fingerprint density at radius 1 is 1.54 bits per heavy atom. The van der Waals surface area contributed by atoms with E-state index >= 15 is 0 Å². The van der Waals surface area contributed by atoms with Crippen LogP contribution in [-0.2, 0) is 4.74 Å². The van der Waals surface area contributed by atoms with Gasteiger partial charge in [-0.05, 0) is 13.0 Å². The number of carbonyl (C=O) groups excluding carboxylic acids is 1. The van der Waals surface area contributed by atoms with Crippen LogP contribution in [0.4, 0.5) is 0 Å². The summed E-state index contributed by atoms with van der Waals surface area (Å²) in [6.45, 7) is 2.06. The average molecular weight is 190 g/mol. The van der Waals surface area contributed by atoms with Gasteiger partial charge in [-0.1, -0.05) is 0 Å². The van der Waals surface area contributed by atoms with Gasteiger partial charge in [-0.3, -0.25) is 4.79 Å². The molecule has 0 saturated heterocycles. The average Bonchev–Trinajstić information content (AvgIpc) is 2.06. The first-order chi connectivity index (χ1) is 5.74. The summed E-state index contributed by atoms with van der Waals surface area (Å²) in [4.78, 5) is 24.0. The van der Waals surface area contributed by atoms with Gasteiger partial charge in [-0.15, -0.1) is 0 Å². The van der Waals surface area contributed by atoms with Gasteiger partial charge in [0.2, 0.25) is 5.56 Å². The molecular weight excluding hydrogens is 181 g/mol. The molecule has 0 amide bonds. The molecule has 0 spiro atoms. The third kappa shape index (κ3) is 3.76. The first-order valence-corrected chi connectivity index (χ1v) is 3.60. The van der Waals surface area contributed by atoms with E-state index in [0.717, 1.165) is 0 Å². The van der Waals surface area contributed by atoms with E-state index in [-0.39, 0.29) is 35.1 Å². The Morgan fingerprint density at radius 2 is 2.23 bits per heavy atom. The van der Waals surface area contributed by atoms with Crippen LogP contribution in [0.2, 0.25) is 0 Å². The molecule has 0 aliphatic heterocycles. The smallest absolute Gasteiger partial charge is 0.462 e. The van der Waals surface area contributed by atoms with Crippen molar-refractivity contribution in [3.05, 3.63) is 34.2 Å². The molecule has 0 atom stereocenters. The number of H-pyrrole nitrogens is 1.